The van der Waals surface area contributed by atoms with E-state index >= 15 is 4.39 Å². The number of piperazine rings is 1. The van der Waals surface area contributed by atoms with Crippen molar-refractivity contribution in [3.63, 3.8) is 0 Å². The number of amides is 1. The lowest BCUT2D eigenvalue weighted by molar-refractivity contribution is -0.384. The number of benzene rings is 3. The van der Waals surface area contributed by atoms with Gasteiger partial charge < -0.3 is 29.4 Å². The zero-order valence-electron chi connectivity index (χ0n) is 34.4. The molecule has 15 nitrogen and oxygen atoms in total. The van der Waals surface area contributed by atoms with E-state index in [-0.39, 0.29) is 24.5 Å². The number of pyridine rings is 1. The van der Waals surface area contributed by atoms with Crippen LogP contribution < -0.4 is 19.7 Å². The number of nitro benzene ring substituents is 1. The molecule has 63 heavy (non-hydrogen) atoms. The molecule has 3 aromatic carbocycles. The van der Waals surface area contributed by atoms with E-state index in [0.29, 0.717) is 48.1 Å². The lowest BCUT2D eigenvalue weighted by Gasteiger charge is -2.54. The number of anilines is 2. The van der Waals surface area contributed by atoms with E-state index in [1.807, 2.05) is 22.9 Å². The highest BCUT2D eigenvalue weighted by molar-refractivity contribution is 7.90. The molecule has 3 fully saturated rings. The number of H-pyrrole nitrogens is 1. The molecule has 4 aliphatic rings. The summed E-state index contributed by atoms with van der Waals surface area (Å²) in [5.74, 6) is -1.30. The Morgan fingerprint density at radius 2 is 1.89 bits per heavy atom. The Labute approximate surface area is 368 Å². The molecule has 2 unspecified atom stereocenters. The Morgan fingerprint density at radius 1 is 1.06 bits per heavy atom. The summed E-state index contributed by atoms with van der Waals surface area (Å²) in [4.78, 5) is 36.4. The van der Waals surface area contributed by atoms with Crippen molar-refractivity contribution >= 4 is 61.2 Å². The molecule has 1 spiro atoms. The van der Waals surface area contributed by atoms with Crippen LogP contribution in [0.3, 0.4) is 0 Å². The van der Waals surface area contributed by atoms with Crippen LogP contribution in [0.1, 0.15) is 48.0 Å². The molecule has 18 heteroatoms. The number of hydrogen-bond donors (Lipinski definition) is 3. The third kappa shape index (κ3) is 9.24. The van der Waals surface area contributed by atoms with E-state index in [2.05, 4.69) is 43.3 Å². The SMILES string of the molecule is O=C(NS(=O)(=O)c1cc(F)c(NCC2COCCO2)c([N+](=O)[O-])c1)c1ccc(N2CCN(C[C@H]3CCC34CCC=C(c3ccc(Cl)cc3)C4)CC2)cc1Oc1cnc2[nH]ccc2c1. The lowest BCUT2D eigenvalue weighted by atomic mass is 9.53. The van der Waals surface area contributed by atoms with E-state index in [1.165, 1.54) is 42.7 Å². The van der Waals surface area contributed by atoms with Crippen LogP contribution in [0.5, 0.6) is 11.5 Å². The molecule has 1 amide bonds. The van der Waals surface area contributed by atoms with Crippen LogP contribution in [0, 0.1) is 27.3 Å². The number of halogens is 2. The van der Waals surface area contributed by atoms with Crippen molar-refractivity contribution in [2.45, 2.75) is 43.1 Å². The van der Waals surface area contributed by atoms with E-state index in [1.54, 1.807) is 24.4 Å². The first-order valence-corrected chi connectivity index (χ1v) is 22.9. The Hall–Kier alpha value is -5.59. The molecule has 2 saturated heterocycles. The number of fused-ring (bicyclic) bond motifs is 1. The minimum absolute atomic E-state index is 0.0200. The number of ether oxygens (including phenoxy) is 3. The van der Waals surface area contributed by atoms with E-state index in [9.17, 15) is 23.3 Å². The molecular formula is C45H47ClFN7O8S. The van der Waals surface area contributed by atoms with E-state index < -0.39 is 49.0 Å². The highest BCUT2D eigenvalue weighted by Crippen LogP contribution is 2.57. The number of nitro groups is 1. The van der Waals surface area contributed by atoms with Gasteiger partial charge in [0.15, 0.2) is 5.82 Å². The molecular weight excluding hydrogens is 853 g/mol. The van der Waals surface area contributed by atoms with Crippen LogP contribution in [-0.2, 0) is 19.5 Å². The number of aromatic amines is 1. The number of carbonyl (C=O) groups is 1. The summed E-state index contributed by atoms with van der Waals surface area (Å²) >= 11 is 6.18. The Bertz CT molecular complexity index is 2670. The standard InChI is InChI=1S/C45H47ClFN7O8S/c46-33-5-3-29(4-6-33)31-2-1-11-45(24-31)12-9-32(45)27-52-14-16-53(17-15-52)34-7-8-38(41(21-34)62-35-20-30-10-13-48-43(30)50-25-35)44(55)51-63(58,59)37-22-39(47)42(40(23-37)54(56)57)49-26-36-28-60-18-19-61-36/h2-8,10,13,20-23,25,32,36,49H,1,9,11-12,14-19,24,26-28H2,(H,48,50)(H,51,55)/t32-,36?,45?/m1/s1. The van der Waals surface area contributed by atoms with Gasteiger partial charge in [0.25, 0.3) is 21.6 Å². The van der Waals surface area contributed by atoms with E-state index in [4.69, 9.17) is 25.8 Å². The maximum atomic E-state index is 15.4. The van der Waals surface area contributed by atoms with Gasteiger partial charge in [0.05, 0.1) is 47.5 Å². The maximum absolute atomic E-state index is 15.4. The van der Waals surface area contributed by atoms with Crippen LogP contribution in [0.25, 0.3) is 16.6 Å². The van der Waals surface area contributed by atoms with Crippen LogP contribution in [0.2, 0.25) is 5.02 Å². The second kappa shape index (κ2) is 17.9. The quantitative estimate of drug-likeness (QED) is 0.0773. The normalized spacial score (nSPS) is 21.7. The van der Waals surface area contributed by atoms with Gasteiger partial charge in [-0.25, -0.2) is 22.5 Å². The predicted octanol–water partition coefficient (Wildman–Crippen LogP) is 7.79. The van der Waals surface area contributed by atoms with E-state index in [0.717, 1.165) is 61.7 Å². The predicted molar refractivity (Wildman–Crippen MR) is 236 cm³/mol. The second-order valence-electron chi connectivity index (χ2n) is 16.6. The molecule has 2 aromatic heterocycles. The van der Waals surface area contributed by atoms with Crippen LogP contribution >= 0.6 is 11.6 Å². The summed E-state index contributed by atoms with van der Waals surface area (Å²) in [5, 5.41) is 16.2. The monoisotopic (exact) mass is 899 g/mol. The lowest BCUT2D eigenvalue weighted by Crippen LogP contribution is -2.52. The molecule has 2 aliphatic carbocycles. The molecule has 4 heterocycles. The van der Waals surface area contributed by atoms with Crippen molar-refractivity contribution in [1.82, 2.24) is 19.6 Å². The molecule has 1 saturated carbocycles. The summed E-state index contributed by atoms with van der Waals surface area (Å²) in [6.07, 6.45) is 11.0. The van der Waals surface area contributed by atoms with Crippen molar-refractivity contribution in [3.8, 4) is 11.5 Å². The van der Waals surface area contributed by atoms with Crippen molar-refractivity contribution in [2.75, 3.05) is 69.3 Å². The van der Waals surface area contributed by atoms with Gasteiger partial charge in [-0.15, -0.1) is 0 Å². The fourth-order valence-electron chi connectivity index (χ4n) is 9.29. The molecule has 0 bridgehead atoms. The van der Waals surface area contributed by atoms with Gasteiger partial charge in [-0.2, -0.15) is 0 Å². The highest BCUT2D eigenvalue weighted by atomic mass is 35.5. The average Bonchev–Trinajstić information content (AvgIpc) is 3.76. The van der Waals surface area contributed by atoms with Gasteiger partial charge >= 0.3 is 0 Å². The molecule has 3 N–H and O–H groups in total. The number of aromatic nitrogens is 2. The van der Waals surface area contributed by atoms with Crippen LogP contribution in [-0.4, -0.2) is 99.3 Å². The average molecular weight is 900 g/mol. The van der Waals surface area contributed by atoms with Gasteiger partial charge in [0.2, 0.25) is 0 Å². The minimum atomic E-state index is -4.84. The minimum Gasteiger partial charge on any atom is -0.455 e. The zero-order chi connectivity index (χ0) is 43.7. The topological polar surface area (TPSA) is 181 Å². The Morgan fingerprint density at radius 3 is 2.63 bits per heavy atom. The van der Waals surface area contributed by atoms with Crippen molar-refractivity contribution < 1.29 is 36.7 Å². The summed E-state index contributed by atoms with van der Waals surface area (Å²) in [6, 6.07) is 17.9. The number of nitrogens with one attached hydrogen (secondary N) is 3. The first-order chi connectivity index (χ1) is 30.4. The first-order valence-electron chi connectivity index (χ1n) is 21.1. The fourth-order valence-corrected chi connectivity index (χ4v) is 10.4. The van der Waals surface area contributed by atoms with Crippen molar-refractivity contribution in [2.24, 2.45) is 11.3 Å². The molecule has 0 radical (unpaired) electrons. The third-order valence-electron chi connectivity index (χ3n) is 12.8. The third-order valence-corrected chi connectivity index (χ3v) is 14.4. The van der Waals surface area contributed by atoms with Gasteiger partial charge in [-0.1, -0.05) is 29.8 Å². The second-order valence-corrected chi connectivity index (χ2v) is 18.8. The largest absolute Gasteiger partial charge is 0.455 e. The van der Waals surface area contributed by atoms with Gasteiger partial charge in [-0.3, -0.25) is 19.8 Å². The molecule has 330 valence electrons. The zero-order valence-corrected chi connectivity index (χ0v) is 35.9. The first kappa shape index (κ1) is 42.7. The maximum Gasteiger partial charge on any atom is 0.296 e. The Kier molecular flexibility index (Phi) is 12.1. The highest BCUT2D eigenvalue weighted by Gasteiger charge is 2.48. The number of sulfonamides is 1. The van der Waals surface area contributed by atoms with Gasteiger partial charge in [-0.05, 0) is 97.0 Å². The Balaban J connectivity index is 0.901. The van der Waals surface area contributed by atoms with Gasteiger partial charge in [0, 0.05) is 73.7 Å². The molecule has 5 aromatic rings. The molecule has 2 aliphatic heterocycles. The fraction of sp³-hybridized carbons (Fsp3) is 0.378. The summed E-state index contributed by atoms with van der Waals surface area (Å²) in [7, 11) is -4.84. The van der Waals surface area contributed by atoms with Crippen LogP contribution in [0.4, 0.5) is 21.5 Å². The molecule has 3 atom stereocenters. The number of carbonyl (C=O) groups excluding carboxylic acids is 1. The van der Waals surface area contributed by atoms with Gasteiger partial charge in [0.1, 0.15) is 22.8 Å². The van der Waals surface area contributed by atoms with Crippen molar-refractivity contribution in [1.29, 1.82) is 0 Å². The number of nitrogens with zero attached hydrogens (tertiary/aromatic N) is 4. The summed E-state index contributed by atoms with van der Waals surface area (Å²) < 4.78 is 61.8. The number of rotatable bonds is 13. The number of hydrogen-bond acceptors (Lipinski definition) is 12. The van der Waals surface area contributed by atoms with Crippen LogP contribution in [0.15, 0.2) is 90.1 Å². The molecule has 9 rings (SSSR count). The summed E-state index contributed by atoms with van der Waals surface area (Å²) in [6.45, 7) is 5.07. The summed E-state index contributed by atoms with van der Waals surface area (Å²) in [5.41, 5.74) is 2.92. The smallest absolute Gasteiger partial charge is 0.296 e. The van der Waals surface area contributed by atoms with Crippen molar-refractivity contribution in [3.05, 3.63) is 117 Å². The number of allylic oxidation sites excluding steroid dienone is 2.